The van der Waals surface area contributed by atoms with E-state index in [2.05, 4.69) is 6.58 Å². The molecule has 0 radical (unpaired) electrons. The quantitative estimate of drug-likeness (QED) is 0.0956. The third-order valence-electron chi connectivity index (χ3n) is 9.59. The van der Waals surface area contributed by atoms with Crippen molar-refractivity contribution in [1.82, 2.24) is 9.13 Å². The zero-order valence-electron chi connectivity index (χ0n) is 31.5. The second kappa shape index (κ2) is 18.1. The van der Waals surface area contributed by atoms with Gasteiger partial charge in [0.1, 0.15) is 35.4 Å². The van der Waals surface area contributed by atoms with E-state index in [1.807, 2.05) is 54.6 Å². The molecule has 1 saturated heterocycles. The summed E-state index contributed by atoms with van der Waals surface area (Å²) in [6, 6.07) is 32.5. The smallest absolute Gasteiger partial charge is 0.422 e. The molecule has 304 valence electrons. The number of aromatic nitrogens is 2. The summed E-state index contributed by atoms with van der Waals surface area (Å²) in [7, 11) is 3.10. The van der Waals surface area contributed by atoms with Gasteiger partial charge in [-0.05, 0) is 53.1 Å². The molecule has 1 aliphatic rings. The molecule has 1 fully saturated rings. The van der Waals surface area contributed by atoms with Gasteiger partial charge < -0.3 is 33.5 Å². The summed E-state index contributed by atoms with van der Waals surface area (Å²) in [6.07, 6.45) is -9.24. The number of methoxy groups -OCH3 is 2. The second-order valence-electron chi connectivity index (χ2n) is 13.2. The van der Waals surface area contributed by atoms with E-state index in [0.29, 0.717) is 32.8 Å². The van der Waals surface area contributed by atoms with Crippen LogP contribution in [0.3, 0.4) is 0 Å². The minimum Gasteiger partial charge on any atom is -0.497 e. The number of carbonyl (C=O) groups is 1. The Labute approximate surface area is 331 Å². The Morgan fingerprint density at radius 3 is 1.91 bits per heavy atom. The predicted molar refractivity (Wildman–Crippen MR) is 205 cm³/mol. The fourth-order valence-corrected chi connectivity index (χ4v) is 6.69. The third kappa shape index (κ3) is 9.08. The summed E-state index contributed by atoms with van der Waals surface area (Å²) in [5.74, 6) is 0.0715. The van der Waals surface area contributed by atoms with Crippen molar-refractivity contribution in [3.63, 3.8) is 0 Å². The van der Waals surface area contributed by atoms with E-state index in [1.54, 1.807) is 56.7 Å². The molecule has 1 aromatic heterocycles. The topological polar surface area (TPSA) is 137 Å². The van der Waals surface area contributed by atoms with Gasteiger partial charge in [-0.1, -0.05) is 79.4 Å². The number of nitrogens with zero attached hydrogens (tertiary/aromatic N) is 2. The number of halogens is 3. The molecule has 12 nitrogen and oxygen atoms in total. The first-order valence-corrected chi connectivity index (χ1v) is 18.1. The number of ether oxygens (including phenoxy) is 6. The van der Waals surface area contributed by atoms with E-state index < -0.39 is 60.1 Å². The summed E-state index contributed by atoms with van der Waals surface area (Å²) in [5.41, 5.74) is -1.18. The van der Waals surface area contributed by atoms with Gasteiger partial charge in [0.05, 0.1) is 33.2 Å². The molecule has 1 aliphatic heterocycles. The van der Waals surface area contributed by atoms with Crippen LogP contribution in [-0.2, 0) is 24.5 Å². The van der Waals surface area contributed by atoms with Crippen molar-refractivity contribution in [1.29, 1.82) is 0 Å². The lowest BCUT2D eigenvalue weighted by Gasteiger charge is -2.37. The van der Waals surface area contributed by atoms with E-state index in [9.17, 15) is 32.7 Å². The van der Waals surface area contributed by atoms with E-state index in [0.717, 1.165) is 16.8 Å². The Balaban J connectivity index is 1.38. The molecule has 6 rings (SSSR count). The van der Waals surface area contributed by atoms with E-state index >= 15 is 0 Å². The van der Waals surface area contributed by atoms with Crippen molar-refractivity contribution in [2.45, 2.75) is 42.7 Å². The lowest BCUT2D eigenvalue weighted by atomic mass is 9.80. The van der Waals surface area contributed by atoms with Gasteiger partial charge in [-0.3, -0.25) is 14.2 Å². The van der Waals surface area contributed by atoms with Crippen LogP contribution in [0.4, 0.5) is 13.2 Å². The number of aliphatic hydroxyl groups excluding tert-OH is 1. The number of rotatable bonds is 16. The maximum Gasteiger partial charge on any atom is 0.422 e. The highest BCUT2D eigenvalue weighted by molar-refractivity contribution is 5.95. The summed E-state index contributed by atoms with van der Waals surface area (Å²) < 4.78 is 74.6. The zero-order chi connectivity index (χ0) is 41.5. The summed E-state index contributed by atoms with van der Waals surface area (Å²) in [4.78, 5) is 40.4. The van der Waals surface area contributed by atoms with Crippen LogP contribution in [0, 0.1) is 0 Å². The van der Waals surface area contributed by atoms with Gasteiger partial charge in [0.25, 0.3) is 11.5 Å². The van der Waals surface area contributed by atoms with Crippen molar-refractivity contribution in [2.24, 2.45) is 0 Å². The first-order chi connectivity index (χ1) is 27.9. The van der Waals surface area contributed by atoms with Gasteiger partial charge in [0, 0.05) is 24.2 Å². The highest BCUT2D eigenvalue weighted by Crippen LogP contribution is 2.43. The first kappa shape index (κ1) is 41.6. The largest absolute Gasteiger partial charge is 0.497 e. The van der Waals surface area contributed by atoms with Crippen LogP contribution in [0.1, 0.15) is 39.7 Å². The molecule has 5 aromatic rings. The molecular weight excluding hydrogens is 761 g/mol. The average molecular weight is 803 g/mol. The van der Waals surface area contributed by atoms with Crippen LogP contribution in [0.5, 0.6) is 11.5 Å². The minimum atomic E-state index is -4.59. The van der Waals surface area contributed by atoms with Gasteiger partial charge in [0.2, 0.25) is 0 Å². The highest BCUT2D eigenvalue weighted by atomic mass is 19.4. The van der Waals surface area contributed by atoms with Crippen LogP contribution in [-0.4, -0.2) is 78.7 Å². The van der Waals surface area contributed by atoms with Crippen molar-refractivity contribution >= 4 is 5.91 Å². The Bertz CT molecular complexity index is 2230. The second-order valence-corrected chi connectivity index (χ2v) is 13.2. The molecule has 1 N–H and O–H groups in total. The highest BCUT2D eigenvalue weighted by Gasteiger charge is 2.48. The molecule has 2 unspecified atom stereocenters. The maximum atomic E-state index is 14.0. The molecular formula is C43H41F3N2O10. The van der Waals surface area contributed by atoms with Gasteiger partial charge in [-0.15, -0.1) is 0 Å². The molecule has 58 heavy (non-hydrogen) atoms. The molecule has 4 aromatic carbocycles. The number of hydrogen-bond donors (Lipinski definition) is 1. The monoisotopic (exact) mass is 802 g/mol. The fraction of sp³-hybridized carbons (Fsp3) is 0.279. The van der Waals surface area contributed by atoms with Crippen molar-refractivity contribution in [3.8, 4) is 11.5 Å². The zero-order valence-corrected chi connectivity index (χ0v) is 31.5. The first-order valence-electron chi connectivity index (χ1n) is 18.1. The van der Waals surface area contributed by atoms with Crippen LogP contribution in [0.25, 0.3) is 0 Å². The molecule has 15 heteroatoms. The molecule has 0 amide bonds. The van der Waals surface area contributed by atoms with Gasteiger partial charge in [-0.25, -0.2) is 4.79 Å². The SMILES string of the molecule is C=C(CCOC1C(O)[C@@H](COC(c2ccccc2)(c2ccc(OC)cc2)c2ccc(OC)cc2)O[C@H]1n1ccc(=O)n(C(=O)c2ccccc2)c1=O)OCC(F)(F)F. The Hall–Kier alpha value is -6.00. The lowest BCUT2D eigenvalue weighted by Crippen LogP contribution is -2.46. The van der Waals surface area contributed by atoms with Crippen LogP contribution in [0.2, 0.25) is 0 Å². The van der Waals surface area contributed by atoms with E-state index in [-0.39, 0.29) is 31.0 Å². The predicted octanol–water partition coefficient (Wildman–Crippen LogP) is 5.85. The molecule has 0 spiro atoms. The van der Waals surface area contributed by atoms with E-state index in [4.69, 9.17) is 28.4 Å². The standard InChI is InChI=1S/C43H41F3N2O10/c1-28(56-27-42(44,45)46)23-25-55-38-37(50)35(58-40(38)47-24-22-36(49)48(41(47)52)39(51)29-10-6-4-7-11-29)26-57-43(30-12-8-5-9-13-30,31-14-18-33(53-2)19-15-31)32-16-20-34(54-3)21-17-32/h4-22,24,35,37-38,40,50H,1,23,25-27H2,2-3H3/t35-,37?,38?,40-/m1/s1. The molecule has 4 atom stereocenters. The van der Waals surface area contributed by atoms with Gasteiger partial charge >= 0.3 is 11.9 Å². The van der Waals surface area contributed by atoms with Gasteiger partial charge in [-0.2, -0.15) is 17.7 Å². The lowest BCUT2D eigenvalue weighted by molar-refractivity contribution is -0.165. The Morgan fingerprint density at radius 2 is 1.36 bits per heavy atom. The maximum absolute atomic E-state index is 14.0. The number of carbonyl (C=O) groups excluding carboxylic acids is 1. The number of alkyl halides is 3. The molecule has 0 saturated carbocycles. The Morgan fingerprint density at radius 1 is 0.810 bits per heavy atom. The molecule has 0 bridgehead atoms. The van der Waals surface area contributed by atoms with Crippen LogP contribution in [0.15, 0.2) is 143 Å². The number of hydrogen-bond acceptors (Lipinski definition) is 10. The van der Waals surface area contributed by atoms with E-state index in [1.165, 1.54) is 12.1 Å². The van der Waals surface area contributed by atoms with Crippen molar-refractivity contribution in [2.75, 3.05) is 34.0 Å². The number of benzene rings is 4. The van der Waals surface area contributed by atoms with Crippen LogP contribution >= 0.6 is 0 Å². The van der Waals surface area contributed by atoms with Crippen LogP contribution < -0.4 is 20.7 Å². The summed E-state index contributed by atoms with van der Waals surface area (Å²) in [6.45, 7) is 1.34. The van der Waals surface area contributed by atoms with Gasteiger partial charge in [0.15, 0.2) is 12.8 Å². The summed E-state index contributed by atoms with van der Waals surface area (Å²) in [5, 5.41) is 11.9. The van der Waals surface area contributed by atoms with Crippen molar-refractivity contribution in [3.05, 3.63) is 177 Å². The fourth-order valence-electron chi connectivity index (χ4n) is 6.69. The normalized spacial score (nSPS) is 18.1. The Kier molecular flexibility index (Phi) is 13.0. The third-order valence-corrected chi connectivity index (χ3v) is 9.59. The minimum absolute atomic E-state index is 0.0672. The average Bonchev–Trinajstić information content (AvgIpc) is 3.54. The van der Waals surface area contributed by atoms with Crippen molar-refractivity contribution < 1.29 is 51.5 Å². The summed E-state index contributed by atoms with van der Waals surface area (Å²) >= 11 is 0. The molecule has 2 heterocycles. The number of aliphatic hydroxyl groups is 1. The molecule has 0 aliphatic carbocycles.